The Bertz CT molecular complexity index is 509. The van der Waals surface area contributed by atoms with Gasteiger partial charge in [-0.3, -0.25) is 9.78 Å². The molecule has 0 radical (unpaired) electrons. The van der Waals surface area contributed by atoms with Gasteiger partial charge in [0.1, 0.15) is 6.33 Å². The molecule has 16 heavy (non-hydrogen) atoms. The fraction of sp³-hybridized carbons (Fsp3) is 0.222. The summed E-state index contributed by atoms with van der Waals surface area (Å²) in [4.78, 5) is 14.6. The first-order valence-electron chi connectivity index (χ1n) is 4.57. The summed E-state index contributed by atoms with van der Waals surface area (Å²) >= 11 is 0. The molecule has 2 rings (SSSR count). The van der Waals surface area contributed by atoms with Crippen molar-refractivity contribution in [3.63, 3.8) is 0 Å². The Hall–Kier alpha value is -2.31. The van der Waals surface area contributed by atoms with Crippen LogP contribution in [0.25, 0.3) is 5.69 Å². The van der Waals surface area contributed by atoms with Gasteiger partial charge in [0.25, 0.3) is 0 Å². The standard InChI is InChI=1S/C9H9N5O2/c1-6-2-7(14-5-11-12-13-14)4-10-8(6)3-9(15)16/h2,4-5H,3H2,1H3,(H,15,16). The van der Waals surface area contributed by atoms with Crippen molar-refractivity contribution >= 4 is 5.97 Å². The highest BCUT2D eigenvalue weighted by Gasteiger charge is 2.07. The van der Waals surface area contributed by atoms with Gasteiger partial charge in [-0.25, -0.2) is 0 Å². The van der Waals surface area contributed by atoms with Crippen LogP contribution in [0.3, 0.4) is 0 Å². The van der Waals surface area contributed by atoms with Crippen LogP contribution < -0.4 is 0 Å². The molecule has 0 saturated carbocycles. The molecule has 0 saturated heterocycles. The second-order valence-corrected chi connectivity index (χ2v) is 3.28. The normalized spacial score (nSPS) is 10.3. The number of aliphatic carboxylic acids is 1. The molecule has 7 nitrogen and oxygen atoms in total. The fourth-order valence-electron chi connectivity index (χ4n) is 1.32. The molecule has 1 N–H and O–H groups in total. The molecule has 0 aromatic carbocycles. The van der Waals surface area contributed by atoms with E-state index >= 15 is 0 Å². The highest BCUT2D eigenvalue weighted by atomic mass is 16.4. The first-order chi connectivity index (χ1) is 7.66. The van der Waals surface area contributed by atoms with E-state index in [4.69, 9.17) is 5.11 Å². The quantitative estimate of drug-likeness (QED) is 0.780. The van der Waals surface area contributed by atoms with Crippen LogP contribution in [-0.4, -0.2) is 36.3 Å². The lowest BCUT2D eigenvalue weighted by Gasteiger charge is -2.04. The zero-order valence-corrected chi connectivity index (χ0v) is 8.53. The molecule has 2 aromatic heterocycles. The number of aromatic nitrogens is 5. The van der Waals surface area contributed by atoms with Gasteiger partial charge >= 0.3 is 5.97 Å². The molecule has 0 atom stereocenters. The van der Waals surface area contributed by atoms with Gasteiger partial charge in [0.15, 0.2) is 0 Å². The number of hydrogen-bond donors (Lipinski definition) is 1. The van der Waals surface area contributed by atoms with Crippen LogP contribution in [0.15, 0.2) is 18.6 Å². The molecule has 2 heterocycles. The minimum atomic E-state index is -0.897. The SMILES string of the molecule is Cc1cc(-n2cnnn2)cnc1CC(=O)O. The Morgan fingerprint density at radius 1 is 1.56 bits per heavy atom. The average Bonchev–Trinajstić information content (AvgIpc) is 2.73. The first-order valence-corrected chi connectivity index (χ1v) is 4.57. The number of rotatable bonds is 3. The van der Waals surface area contributed by atoms with E-state index in [1.54, 1.807) is 19.2 Å². The van der Waals surface area contributed by atoms with Crippen LogP contribution in [0, 0.1) is 6.92 Å². The number of tetrazole rings is 1. The summed E-state index contributed by atoms with van der Waals surface area (Å²) < 4.78 is 1.46. The van der Waals surface area contributed by atoms with Gasteiger partial charge in [0, 0.05) is 0 Å². The van der Waals surface area contributed by atoms with Gasteiger partial charge in [-0.1, -0.05) is 0 Å². The van der Waals surface area contributed by atoms with Crippen LogP contribution in [0.4, 0.5) is 0 Å². The molecule has 0 unspecified atom stereocenters. The maximum absolute atomic E-state index is 10.6. The Kier molecular flexibility index (Phi) is 2.59. The van der Waals surface area contributed by atoms with Crippen molar-refractivity contribution in [2.24, 2.45) is 0 Å². The zero-order chi connectivity index (χ0) is 11.5. The van der Waals surface area contributed by atoms with Crippen molar-refractivity contribution in [1.82, 2.24) is 25.2 Å². The summed E-state index contributed by atoms with van der Waals surface area (Å²) in [5.74, 6) is -0.897. The Morgan fingerprint density at radius 2 is 2.38 bits per heavy atom. The van der Waals surface area contributed by atoms with Gasteiger partial charge in [0.2, 0.25) is 0 Å². The number of aryl methyl sites for hydroxylation is 1. The Balaban J connectivity index is 2.33. The van der Waals surface area contributed by atoms with Crippen molar-refractivity contribution in [2.75, 3.05) is 0 Å². The number of pyridine rings is 1. The summed E-state index contributed by atoms with van der Waals surface area (Å²) in [6.07, 6.45) is 2.91. The summed E-state index contributed by atoms with van der Waals surface area (Å²) in [6.45, 7) is 1.80. The molecule has 0 bridgehead atoms. The number of hydrogen-bond acceptors (Lipinski definition) is 5. The van der Waals surface area contributed by atoms with Crippen LogP contribution in [-0.2, 0) is 11.2 Å². The summed E-state index contributed by atoms with van der Waals surface area (Å²) in [5, 5.41) is 19.4. The van der Waals surface area contributed by atoms with Crippen LogP contribution in [0.1, 0.15) is 11.3 Å². The van der Waals surface area contributed by atoms with E-state index in [0.717, 1.165) is 5.56 Å². The Labute approximate surface area is 90.7 Å². The lowest BCUT2D eigenvalue weighted by molar-refractivity contribution is -0.136. The van der Waals surface area contributed by atoms with Crippen LogP contribution >= 0.6 is 0 Å². The third-order valence-electron chi connectivity index (χ3n) is 2.10. The van der Waals surface area contributed by atoms with Gasteiger partial charge in [0.05, 0.1) is 24.0 Å². The van der Waals surface area contributed by atoms with Crippen molar-refractivity contribution in [3.8, 4) is 5.69 Å². The molecule has 0 spiro atoms. The van der Waals surface area contributed by atoms with Crippen molar-refractivity contribution in [2.45, 2.75) is 13.3 Å². The van der Waals surface area contributed by atoms with Crippen molar-refractivity contribution in [3.05, 3.63) is 29.8 Å². The zero-order valence-electron chi connectivity index (χ0n) is 8.53. The molecule has 0 amide bonds. The molecular weight excluding hydrogens is 210 g/mol. The minimum absolute atomic E-state index is 0.0816. The summed E-state index contributed by atoms with van der Waals surface area (Å²) in [7, 11) is 0. The van der Waals surface area contributed by atoms with E-state index in [2.05, 4.69) is 20.5 Å². The number of carboxylic acids is 1. The summed E-state index contributed by atoms with van der Waals surface area (Å²) in [6, 6.07) is 1.79. The maximum Gasteiger partial charge on any atom is 0.309 e. The van der Waals surface area contributed by atoms with E-state index in [0.29, 0.717) is 11.4 Å². The Morgan fingerprint density at radius 3 is 2.94 bits per heavy atom. The molecule has 82 valence electrons. The van der Waals surface area contributed by atoms with Crippen LogP contribution in [0.2, 0.25) is 0 Å². The minimum Gasteiger partial charge on any atom is -0.481 e. The lowest BCUT2D eigenvalue weighted by atomic mass is 10.1. The topological polar surface area (TPSA) is 93.8 Å². The van der Waals surface area contributed by atoms with E-state index < -0.39 is 5.97 Å². The van der Waals surface area contributed by atoms with Gasteiger partial charge < -0.3 is 5.11 Å². The van der Waals surface area contributed by atoms with E-state index in [-0.39, 0.29) is 6.42 Å². The van der Waals surface area contributed by atoms with E-state index in [1.165, 1.54) is 11.0 Å². The lowest BCUT2D eigenvalue weighted by Crippen LogP contribution is -2.06. The molecule has 0 aliphatic rings. The number of carbonyl (C=O) groups is 1. The molecule has 0 aliphatic heterocycles. The molecule has 2 aromatic rings. The summed E-state index contributed by atoms with van der Waals surface area (Å²) in [5.41, 5.74) is 2.05. The predicted molar refractivity (Wildman–Crippen MR) is 53.0 cm³/mol. The van der Waals surface area contributed by atoms with E-state index in [1.807, 2.05) is 0 Å². The molecule has 0 aliphatic carbocycles. The van der Waals surface area contributed by atoms with Crippen LogP contribution in [0.5, 0.6) is 0 Å². The predicted octanol–water partition coefficient (Wildman–Crippen LogP) is -0.00718. The van der Waals surface area contributed by atoms with Crippen molar-refractivity contribution in [1.29, 1.82) is 0 Å². The highest BCUT2D eigenvalue weighted by molar-refractivity contribution is 5.70. The van der Waals surface area contributed by atoms with Gasteiger partial charge in [-0.2, -0.15) is 4.68 Å². The average molecular weight is 219 g/mol. The third kappa shape index (κ3) is 2.02. The number of carboxylic acid groups (broad SMARTS) is 1. The largest absolute Gasteiger partial charge is 0.481 e. The van der Waals surface area contributed by atoms with Gasteiger partial charge in [-0.05, 0) is 29.0 Å². The fourth-order valence-corrected chi connectivity index (χ4v) is 1.32. The molecular formula is C9H9N5O2. The first kappa shape index (κ1) is 10.2. The van der Waals surface area contributed by atoms with Gasteiger partial charge in [-0.15, -0.1) is 5.10 Å². The highest BCUT2D eigenvalue weighted by Crippen LogP contribution is 2.10. The monoisotopic (exact) mass is 219 g/mol. The third-order valence-corrected chi connectivity index (χ3v) is 2.10. The smallest absolute Gasteiger partial charge is 0.309 e. The molecule has 7 heteroatoms. The van der Waals surface area contributed by atoms with E-state index in [9.17, 15) is 4.79 Å². The number of nitrogens with zero attached hydrogens (tertiary/aromatic N) is 5. The second kappa shape index (κ2) is 4.05. The second-order valence-electron chi connectivity index (χ2n) is 3.28. The maximum atomic E-state index is 10.6. The van der Waals surface area contributed by atoms with Crippen molar-refractivity contribution < 1.29 is 9.90 Å². The molecule has 0 fully saturated rings.